The lowest BCUT2D eigenvalue weighted by atomic mass is 10.1. The van der Waals surface area contributed by atoms with Crippen LogP contribution in [0.15, 0.2) is 58.5 Å². The van der Waals surface area contributed by atoms with E-state index in [0.717, 1.165) is 23.9 Å². The van der Waals surface area contributed by atoms with Crippen LogP contribution in [0.2, 0.25) is 0 Å². The van der Waals surface area contributed by atoms with Gasteiger partial charge in [0.2, 0.25) is 5.91 Å². The molecular formula is C21H16F3N5O2S. The number of aryl methyl sites for hydroxylation is 1. The fraction of sp³-hybridized carbons (Fsp3) is 0.190. The second kappa shape index (κ2) is 8.58. The van der Waals surface area contributed by atoms with Crippen molar-refractivity contribution < 1.29 is 18.0 Å². The first-order valence-electron chi connectivity index (χ1n) is 9.44. The number of carbonyl (C=O) groups is 1. The molecule has 0 atom stereocenters. The summed E-state index contributed by atoms with van der Waals surface area (Å²) < 4.78 is 39.9. The smallest absolute Gasteiger partial charge is 0.351 e. The number of fused-ring (bicyclic) bond motifs is 3. The molecule has 0 bridgehead atoms. The van der Waals surface area contributed by atoms with Crippen molar-refractivity contribution in [2.45, 2.75) is 24.8 Å². The van der Waals surface area contributed by atoms with Gasteiger partial charge in [-0.05, 0) is 36.8 Å². The van der Waals surface area contributed by atoms with Crippen molar-refractivity contribution in [2.24, 2.45) is 0 Å². The molecule has 0 spiro atoms. The maximum absolute atomic E-state index is 12.8. The molecule has 2 aromatic heterocycles. The van der Waals surface area contributed by atoms with Gasteiger partial charge in [0.25, 0.3) is 5.56 Å². The van der Waals surface area contributed by atoms with E-state index in [2.05, 4.69) is 20.4 Å². The molecule has 4 aromatic rings. The molecule has 0 saturated heterocycles. The second-order valence-corrected chi connectivity index (χ2v) is 7.86. The predicted octanol–water partition coefficient (Wildman–Crippen LogP) is 3.37. The Bertz CT molecular complexity index is 1390. The van der Waals surface area contributed by atoms with Gasteiger partial charge in [-0.1, -0.05) is 36.0 Å². The summed E-state index contributed by atoms with van der Waals surface area (Å²) in [6.07, 6.45) is -4.45. The molecule has 0 aliphatic heterocycles. The number of amides is 1. The molecule has 1 N–H and O–H groups in total. The molecule has 1 amide bonds. The van der Waals surface area contributed by atoms with Gasteiger partial charge in [0.15, 0.2) is 10.8 Å². The van der Waals surface area contributed by atoms with E-state index in [4.69, 9.17) is 0 Å². The van der Waals surface area contributed by atoms with Gasteiger partial charge in [0, 0.05) is 11.9 Å². The summed E-state index contributed by atoms with van der Waals surface area (Å²) in [7, 11) is 0. The Balaban J connectivity index is 1.52. The highest BCUT2D eigenvalue weighted by atomic mass is 32.2. The molecule has 0 aliphatic rings. The van der Waals surface area contributed by atoms with Gasteiger partial charge in [-0.2, -0.15) is 27.8 Å². The number of benzene rings is 2. The van der Waals surface area contributed by atoms with Crippen LogP contribution in [-0.4, -0.2) is 31.2 Å². The minimum Gasteiger partial charge on any atom is -0.351 e. The van der Waals surface area contributed by atoms with E-state index in [9.17, 15) is 22.8 Å². The number of para-hydroxylation sites is 1. The number of nitrogens with one attached hydrogen (secondary N) is 1. The number of carbonyl (C=O) groups excluding carboxylic acids is 1. The summed E-state index contributed by atoms with van der Waals surface area (Å²) in [6, 6.07) is 11.9. The highest BCUT2D eigenvalue weighted by Gasteiger charge is 2.30. The summed E-state index contributed by atoms with van der Waals surface area (Å²) >= 11 is 1.09. The maximum atomic E-state index is 12.8. The standard InChI is InChI=1S/C21H16F3N5O2S/c1-12-19(31)27-18-15-7-2-3-8-16(15)26-20(29(18)28-12)32-11-17(30)25-10-13-5-4-6-14(9-13)21(22,23)24/h2-9H,10-11H2,1H3,(H,25,30). The first kappa shape index (κ1) is 21.8. The van der Waals surface area contributed by atoms with Gasteiger partial charge in [-0.15, -0.1) is 0 Å². The number of aromatic nitrogens is 4. The van der Waals surface area contributed by atoms with Crippen LogP contribution < -0.4 is 10.9 Å². The normalized spacial score (nSPS) is 11.8. The molecule has 32 heavy (non-hydrogen) atoms. The fourth-order valence-electron chi connectivity index (χ4n) is 3.02. The zero-order valence-electron chi connectivity index (χ0n) is 16.7. The van der Waals surface area contributed by atoms with Crippen LogP contribution in [0.5, 0.6) is 0 Å². The SMILES string of the molecule is Cc1nn2c(SCC(=O)NCc3cccc(C(F)(F)F)c3)nc3ccccc3c2nc1=O. The highest BCUT2D eigenvalue weighted by Crippen LogP contribution is 2.29. The molecule has 0 fully saturated rings. The molecule has 2 aromatic carbocycles. The lowest BCUT2D eigenvalue weighted by Gasteiger charge is -2.11. The molecule has 0 radical (unpaired) electrons. The van der Waals surface area contributed by atoms with Crippen molar-refractivity contribution in [2.75, 3.05) is 5.75 Å². The van der Waals surface area contributed by atoms with Crippen LogP contribution in [0.1, 0.15) is 16.8 Å². The lowest BCUT2D eigenvalue weighted by Crippen LogP contribution is -2.25. The Labute approximate surface area is 183 Å². The second-order valence-electron chi connectivity index (χ2n) is 6.91. The van der Waals surface area contributed by atoms with Crippen LogP contribution in [0, 0.1) is 6.92 Å². The molecule has 0 unspecified atom stereocenters. The van der Waals surface area contributed by atoms with E-state index in [1.54, 1.807) is 24.3 Å². The molecule has 2 heterocycles. The third-order valence-electron chi connectivity index (χ3n) is 4.59. The van der Waals surface area contributed by atoms with Crippen molar-refractivity contribution in [1.82, 2.24) is 24.9 Å². The first-order chi connectivity index (χ1) is 15.2. The van der Waals surface area contributed by atoms with Crippen LogP contribution in [0.3, 0.4) is 0 Å². The lowest BCUT2D eigenvalue weighted by molar-refractivity contribution is -0.137. The van der Waals surface area contributed by atoms with Gasteiger partial charge in [-0.25, -0.2) is 4.98 Å². The Morgan fingerprint density at radius 3 is 2.69 bits per heavy atom. The number of thioether (sulfide) groups is 1. The molecule has 0 saturated carbocycles. The van der Waals surface area contributed by atoms with Gasteiger partial charge in [-0.3, -0.25) is 9.59 Å². The number of hydrogen-bond acceptors (Lipinski definition) is 6. The van der Waals surface area contributed by atoms with E-state index in [-0.39, 0.29) is 23.9 Å². The van der Waals surface area contributed by atoms with Crippen LogP contribution in [0.4, 0.5) is 13.2 Å². The summed E-state index contributed by atoms with van der Waals surface area (Å²) in [5.74, 6) is -0.437. The zero-order valence-corrected chi connectivity index (χ0v) is 17.5. The van der Waals surface area contributed by atoms with Gasteiger partial charge < -0.3 is 5.32 Å². The monoisotopic (exact) mass is 459 g/mol. The molecule has 11 heteroatoms. The average molecular weight is 459 g/mol. The van der Waals surface area contributed by atoms with Gasteiger partial charge in [0.05, 0.1) is 16.8 Å². The highest BCUT2D eigenvalue weighted by molar-refractivity contribution is 7.99. The molecule has 0 aliphatic carbocycles. The number of halogens is 3. The molecule has 4 rings (SSSR count). The van der Waals surface area contributed by atoms with Gasteiger partial charge in [0.1, 0.15) is 5.69 Å². The average Bonchev–Trinajstić information content (AvgIpc) is 2.77. The van der Waals surface area contributed by atoms with Crippen LogP contribution >= 0.6 is 11.8 Å². The summed E-state index contributed by atoms with van der Waals surface area (Å²) in [6.45, 7) is 1.49. The van der Waals surface area contributed by atoms with Crippen molar-refractivity contribution in [3.63, 3.8) is 0 Å². The molecule has 164 valence electrons. The third-order valence-corrected chi connectivity index (χ3v) is 5.52. The first-order valence-corrected chi connectivity index (χ1v) is 10.4. The van der Waals surface area contributed by atoms with E-state index in [1.807, 2.05) is 0 Å². The van der Waals surface area contributed by atoms with Crippen molar-refractivity contribution in [3.8, 4) is 0 Å². The molecule has 7 nitrogen and oxygen atoms in total. The van der Waals surface area contributed by atoms with E-state index in [0.29, 0.717) is 27.3 Å². The quantitative estimate of drug-likeness (QED) is 0.280. The Hall–Kier alpha value is -3.47. The number of alkyl halides is 3. The summed E-state index contributed by atoms with van der Waals surface area (Å²) in [4.78, 5) is 32.9. The number of nitrogens with zero attached hydrogens (tertiary/aromatic N) is 4. The van der Waals surface area contributed by atoms with Crippen LogP contribution in [0.25, 0.3) is 16.6 Å². The summed E-state index contributed by atoms with van der Waals surface area (Å²) in [5.41, 5.74) is 0.237. The Kier molecular flexibility index (Phi) is 5.83. The summed E-state index contributed by atoms with van der Waals surface area (Å²) in [5, 5.41) is 7.87. The van der Waals surface area contributed by atoms with Crippen molar-refractivity contribution in [1.29, 1.82) is 0 Å². The van der Waals surface area contributed by atoms with Crippen molar-refractivity contribution >= 4 is 34.2 Å². The Morgan fingerprint density at radius 2 is 1.91 bits per heavy atom. The minimum absolute atomic E-state index is 0.0409. The van der Waals surface area contributed by atoms with E-state index in [1.165, 1.54) is 23.6 Å². The maximum Gasteiger partial charge on any atom is 0.416 e. The number of hydrogen-bond donors (Lipinski definition) is 1. The Morgan fingerprint density at radius 1 is 1.12 bits per heavy atom. The minimum atomic E-state index is -4.45. The van der Waals surface area contributed by atoms with Gasteiger partial charge >= 0.3 is 6.18 Å². The fourth-order valence-corrected chi connectivity index (χ4v) is 3.79. The van der Waals surface area contributed by atoms with E-state index >= 15 is 0 Å². The number of rotatable bonds is 5. The topological polar surface area (TPSA) is 89.2 Å². The largest absolute Gasteiger partial charge is 0.416 e. The third kappa shape index (κ3) is 4.57. The van der Waals surface area contributed by atoms with Crippen molar-refractivity contribution in [3.05, 3.63) is 75.7 Å². The van der Waals surface area contributed by atoms with E-state index < -0.39 is 17.3 Å². The molecular weight excluding hydrogens is 443 g/mol. The predicted molar refractivity (Wildman–Crippen MR) is 113 cm³/mol. The van der Waals surface area contributed by atoms with Crippen LogP contribution in [-0.2, 0) is 17.5 Å². The zero-order chi connectivity index (χ0) is 22.9.